The van der Waals surface area contributed by atoms with E-state index in [1.807, 2.05) is 55.5 Å². The molecule has 0 bridgehead atoms. The van der Waals surface area contributed by atoms with Gasteiger partial charge in [-0.15, -0.1) is 0 Å². The fourth-order valence-electron chi connectivity index (χ4n) is 3.42. The summed E-state index contributed by atoms with van der Waals surface area (Å²) in [5.41, 5.74) is 2.04. The Morgan fingerprint density at radius 2 is 1.11 bits per heavy atom. The Bertz CT molecular complexity index is 892. The quantitative estimate of drug-likeness (QED) is 0.0928. The molecule has 35 heavy (non-hydrogen) atoms. The number of nitrogens with zero attached hydrogens (tertiary/aromatic N) is 2. The Morgan fingerprint density at radius 3 is 1.57 bits per heavy atom. The van der Waals surface area contributed by atoms with Gasteiger partial charge in [0.25, 0.3) is 0 Å². The summed E-state index contributed by atoms with van der Waals surface area (Å²) in [7, 11) is 0. The normalized spacial score (nSPS) is 10.9. The van der Waals surface area contributed by atoms with E-state index in [1.165, 1.54) is 38.5 Å². The number of ether oxygens (including phenoxy) is 3. The van der Waals surface area contributed by atoms with Crippen LogP contribution in [0.2, 0.25) is 0 Å². The first-order chi connectivity index (χ1) is 17.1. The highest BCUT2D eigenvalue weighted by atomic mass is 16.5. The van der Waals surface area contributed by atoms with Gasteiger partial charge in [0.05, 0.1) is 31.2 Å². The number of hydrogen-bond acceptors (Lipinski definition) is 6. The summed E-state index contributed by atoms with van der Waals surface area (Å²) in [4.78, 5) is 11.3. The Labute approximate surface area is 210 Å². The molecular formula is C29H40N2O4. The van der Waals surface area contributed by atoms with Gasteiger partial charge in [0.1, 0.15) is 11.5 Å². The van der Waals surface area contributed by atoms with Crippen molar-refractivity contribution in [2.75, 3.05) is 19.8 Å². The molecule has 0 unspecified atom stereocenters. The summed E-state index contributed by atoms with van der Waals surface area (Å²) in [6, 6.07) is 15.3. The van der Waals surface area contributed by atoms with Gasteiger partial charge < -0.3 is 14.2 Å². The molecule has 6 nitrogen and oxygen atoms in total. The first-order valence-electron chi connectivity index (χ1n) is 12.8. The van der Waals surface area contributed by atoms with E-state index in [-0.39, 0.29) is 5.97 Å². The molecule has 0 amide bonds. The highest BCUT2D eigenvalue weighted by molar-refractivity contribution is 5.86. The van der Waals surface area contributed by atoms with Crippen LogP contribution in [0.25, 0.3) is 0 Å². The summed E-state index contributed by atoms with van der Waals surface area (Å²) in [5.74, 6) is 1.41. The van der Waals surface area contributed by atoms with E-state index in [9.17, 15) is 4.79 Å². The van der Waals surface area contributed by atoms with Crippen molar-refractivity contribution in [3.8, 4) is 11.5 Å². The maximum absolute atomic E-state index is 11.3. The van der Waals surface area contributed by atoms with Crippen molar-refractivity contribution in [1.82, 2.24) is 0 Å². The van der Waals surface area contributed by atoms with Gasteiger partial charge in [-0.2, -0.15) is 10.2 Å². The van der Waals surface area contributed by atoms with Crippen LogP contribution in [0.15, 0.2) is 70.9 Å². The number of unbranched alkanes of at least 4 members (excludes halogenated alkanes) is 8. The predicted molar refractivity (Wildman–Crippen MR) is 141 cm³/mol. The van der Waals surface area contributed by atoms with E-state index in [0.29, 0.717) is 18.8 Å². The first kappa shape index (κ1) is 28.1. The van der Waals surface area contributed by atoms with Crippen molar-refractivity contribution in [2.24, 2.45) is 10.2 Å². The molecule has 0 saturated heterocycles. The molecule has 0 aromatic heterocycles. The second-order valence-corrected chi connectivity index (χ2v) is 8.57. The molecule has 0 aliphatic carbocycles. The number of carbonyl (C=O) groups excluding carboxylic acids is 1. The highest BCUT2D eigenvalue weighted by Crippen LogP contribution is 2.23. The summed E-state index contributed by atoms with van der Waals surface area (Å²) in [6.07, 6.45) is 10.5. The van der Waals surface area contributed by atoms with Crippen LogP contribution in [0.1, 0.15) is 71.6 Å². The first-order valence-corrected chi connectivity index (χ1v) is 12.8. The molecule has 0 heterocycles. The summed E-state index contributed by atoms with van der Waals surface area (Å²) < 4.78 is 16.4. The molecule has 6 heteroatoms. The SMILES string of the molecule is C=C(C)C(=O)OCCCCCCCCCCCOc1ccc(N=Nc2ccc(OCC)cc2)cc1. The fraction of sp³-hybridized carbons (Fsp3) is 0.483. The van der Waals surface area contributed by atoms with Crippen LogP contribution in [0.4, 0.5) is 11.4 Å². The van der Waals surface area contributed by atoms with Crippen LogP contribution in [0.3, 0.4) is 0 Å². The lowest BCUT2D eigenvalue weighted by Gasteiger charge is -2.06. The molecule has 2 rings (SSSR count). The molecule has 2 aromatic carbocycles. The summed E-state index contributed by atoms with van der Waals surface area (Å²) in [5, 5.41) is 8.54. The van der Waals surface area contributed by atoms with Crippen molar-refractivity contribution < 1.29 is 19.0 Å². The predicted octanol–water partition coefficient (Wildman–Crippen LogP) is 8.51. The lowest BCUT2D eigenvalue weighted by atomic mass is 10.1. The molecule has 0 N–H and O–H groups in total. The van der Waals surface area contributed by atoms with Gasteiger partial charge in [0.2, 0.25) is 0 Å². The minimum absolute atomic E-state index is 0.284. The molecule has 0 atom stereocenters. The zero-order valence-corrected chi connectivity index (χ0v) is 21.3. The average molecular weight is 481 g/mol. The Balaban J connectivity index is 1.47. The number of rotatable bonds is 18. The van der Waals surface area contributed by atoms with Gasteiger partial charge in [-0.05, 0) is 75.2 Å². The van der Waals surface area contributed by atoms with Crippen molar-refractivity contribution >= 4 is 17.3 Å². The van der Waals surface area contributed by atoms with Crippen LogP contribution in [-0.2, 0) is 9.53 Å². The van der Waals surface area contributed by atoms with E-state index in [4.69, 9.17) is 14.2 Å². The molecular weight excluding hydrogens is 440 g/mol. The van der Waals surface area contributed by atoms with Crippen molar-refractivity contribution in [3.63, 3.8) is 0 Å². The molecule has 0 fully saturated rings. The topological polar surface area (TPSA) is 69.5 Å². The van der Waals surface area contributed by atoms with Gasteiger partial charge in [-0.1, -0.05) is 51.5 Å². The van der Waals surface area contributed by atoms with Gasteiger partial charge in [0.15, 0.2) is 0 Å². The largest absolute Gasteiger partial charge is 0.494 e. The molecule has 2 aromatic rings. The van der Waals surface area contributed by atoms with Gasteiger partial charge in [0, 0.05) is 5.57 Å². The second kappa shape index (κ2) is 17.3. The van der Waals surface area contributed by atoms with E-state index in [2.05, 4.69) is 16.8 Å². The fourth-order valence-corrected chi connectivity index (χ4v) is 3.42. The Hall–Kier alpha value is -3.15. The molecule has 190 valence electrons. The smallest absolute Gasteiger partial charge is 0.333 e. The van der Waals surface area contributed by atoms with Crippen LogP contribution in [0.5, 0.6) is 11.5 Å². The van der Waals surface area contributed by atoms with Gasteiger partial charge in [-0.3, -0.25) is 0 Å². The van der Waals surface area contributed by atoms with Crippen LogP contribution < -0.4 is 9.47 Å². The van der Waals surface area contributed by atoms with Crippen molar-refractivity contribution in [2.45, 2.75) is 71.6 Å². The number of hydrogen-bond donors (Lipinski definition) is 0. The van der Waals surface area contributed by atoms with Crippen LogP contribution in [0, 0.1) is 0 Å². The molecule has 0 spiro atoms. The number of carbonyl (C=O) groups is 1. The number of esters is 1. The zero-order chi connectivity index (χ0) is 25.1. The van der Waals surface area contributed by atoms with Crippen LogP contribution in [-0.4, -0.2) is 25.8 Å². The van der Waals surface area contributed by atoms with E-state index >= 15 is 0 Å². The van der Waals surface area contributed by atoms with E-state index < -0.39 is 0 Å². The molecule has 0 aliphatic rings. The van der Waals surface area contributed by atoms with Crippen LogP contribution >= 0.6 is 0 Å². The third kappa shape index (κ3) is 12.8. The standard InChI is InChI=1S/C29H40N2O4/c1-4-33-27-18-14-25(15-19-27)30-31-26-16-20-28(21-17-26)34-22-12-10-8-6-5-7-9-11-13-23-35-29(32)24(2)3/h14-21H,2,4-13,22-23H2,1,3H3. The number of benzene rings is 2. The third-order valence-corrected chi connectivity index (χ3v) is 5.40. The third-order valence-electron chi connectivity index (χ3n) is 5.40. The van der Waals surface area contributed by atoms with E-state index in [1.54, 1.807) is 6.92 Å². The highest BCUT2D eigenvalue weighted by Gasteiger charge is 2.02. The second-order valence-electron chi connectivity index (χ2n) is 8.57. The maximum atomic E-state index is 11.3. The zero-order valence-electron chi connectivity index (χ0n) is 21.3. The Morgan fingerprint density at radius 1 is 0.686 bits per heavy atom. The molecule has 0 aliphatic heterocycles. The molecule has 0 radical (unpaired) electrons. The lowest BCUT2D eigenvalue weighted by Crippen LogP contribution is -2.05. The summed E-state index contributed by atoms with van der Waals surface area (Å²) in [6.45, 7) is 9.09. The van der Waals surface area contributed by atoms with E-state index in [0.717, 1.165) is 48.7 Å². The van der Waals surface area contributed by atoms with Gasteiger partial charge >= 0.3 is 5.97 Å². The van der Waals surface area contributed by atoms with Crippen molar-refractivity contribution in [1.29, 1.82) is 0 Å². The molecule has 0 saturated carbocycles. The number of azo groups is 1. The Kier molecular flexibility index (Phi) is 13.9. The monoisotopic (exact) mass is 480 g/mol. The minimum Gasteiger partial charge on any atom is -0.494 e. The summed E-state index contributed by atoms with van der Waals surface area (Å²) >= 11 is 0. The lowest BCUT2D eigenvalue weighted by molar-refractivity contribution is -0.139. The minimum atomic E-state index is -0.284. The van der Waals surface area contributed by atoms with Crippen molar-refractivity contribution in [3.05, 3.63) is 60.7 Å². The van der Waals surface area contributed by atoms with Gasteiger partial charge in [-0.25, -0.2) is 4.79 Å². The maximum Gasteiger partial charge on any atom is 0.333 e. The average Bonchev–Trinajstić information content (AvgIpc) is 2.87.